The predicted octanol–water partition coefficient (Wildman–Crippen LogP) is 1.34. The average Bonchev–Trinajstić information content (AvgIpc) is 3.25. The molecule has 0 spiro atoms. The number of nitrogens with zero attached hydrogens (tertiary/aromatic N) is 4. The number of nitrogens with two attached hydrogens (primary N) is 1. The second kappa shape index (κ2) is 8.35. The lowest BCUT2D eigenvalue weighted by Crippen LogP contribution is -2.20. The molecule has 11 heteroatoms. The molecule has 0 radical (unpaired) electrons. The van der Waals surface area contributed by atoms with Crippen molar-refractivity contribution < 1.29 is 17.9 Å². The molecule has 0 aliphatic rings. The molecule has 28 heavy (non-hydrogen) atoms. The molecular weight excluding hydrogens is 402 g/mol. The van der Waals surface area contributed by atoms with Gasteiger partial charge in [0.15, 0.2) is 10.5 Å². The number of carbonyl (C=O) groups is 1. The molecule has 2 N–H and O–H groups in total. The first kappa shape index (κ1) is 20.4. The first-order valence-corrected chi connectivity index (χ1v) is 11.1. The summed E-state index contributed by atoms with van der Waals surface area (Å²) in [6, 6.07) is 6.21. The van der Waals surface area contributed by atoms with Gasteiger partial charge in [-0.25, -0.2) is 13.6 Å². The van der Waals surface area contributed by atoms with E-state index in [0.717, 1.165) is 5.52 Å². The molecule has 0 atom stereocenters. The van der Waals surface area contributed by atoms with Crippen molar-refractivity contribution in [3.8, 4) is 0 Å². The lowest BCUT2D eigenvalue weighted by molar-refractivity contribution is 0.0991. The third-order valence-corrected chi connectivity index (χ3v) is 5.98. The SMILES string of the molecule is CCOCCn1c(=NC(=O)c2ccn(CC)n2)sc2cc(S(N)(=O)=O)ccc21. The van der Waals surface area contributed by atoms with Crippen LogP contribution in [0.1, 0.15) is 24.3 Å². The van der Waals surface area contributed by atoms with Crippen LogP contribution in [0.2, 0.25) is 0 Å². The molecule has 2 heterocycles. The third kappa shape index (κ3) is 4.38. The molecular formula is C17H21N5O4S2. The van der Waals surface area contributed by atoms with Crippen LogP contribution in [0.3, 0.4) is 0 Å². The second-order valence-electron chi connectivity index (χ2n) is 5.88. The molecule has 0 fully saturated rings. The van der Waals surface area contributed by atoms with E-state index >= 15 is 0 Å². The highest BCUT2D eigenvalue weighted by Crippen LogP contribution is 2.21. The second-order valence-corrected chi connectivity index (χ2v) is 8.45. The molecule has 0 aliphatic carbocycles. The van der Waals surface area contributed by atoms with Crippen LogP contribution in [-0.4, -0.2) is 41.9 Å². The molecule has 3 aromatic rings. The lowest BCUT2D eigenvalue weighted by atomic mass is 10.3. The largest absolute Gasteiger partial charge is 0.380 e. The summed E-state index contributed by atoms with van der Waals surface area (Å²) in [6.45, 7) is 5.95. The summed E-state index contributed by atoms with van der Waals surface area (Å²) in [4.78, 5) is 17.2. The summed E-state index contributed by atoms with van der Waals surface area (Å²) in [5.41, 5.74) is 1.00. The van der Waals surface area contributed by atoms with E-state index in [1.165, 1.54) is 23.5 Å². The number of aryl methyl sites for hydroxylation is 1. The van der Waals surface area contributed by atoms with E-state index < -0.39 is 15.9 Å². The number of sulfonamides is 1. The first-order chi connectivity index (χ1) is 13.3. The number of carbonyl (C=O) groups excluding carboxylic acids is 1. The van der Waals surface area contributed by atoms with Crippen molar-refractivity contribution in [2.45, 2.75) is 31.8 Å². The maximum absolute atomic E-state index is 12.5. The molecule has 9 nitrogen and oxygen atoms in total. The number of fused-ring (bicyclic) bond motifs is 1. The molecule has 3 rings (SSSR count). The normalized spacial score (nSPS) is 12.8. The van der Waals surface area contributed by atoms with Crippen molar-refractivity contribution in [3.05, 3.63) is 41.0 Å². The van der Waals surface area contributed by atoms with E-state index in [2.05, 4.69) is 10.1 Å². The van der Waals surface area contributed by atoms with Gasteiger partial charge >= 0.3 is 0 Å². The summed E-state index contributed by atoms with van der Waals surface area (Å²) in [7, 11) is -3.82. The van der Waals surface area contributed by atoms with E-state index in [9.17, 15) is 13.2 Å². The molecule has 0 saturated carbocycles. The van der Waals surface area contributed by atoms with Crippen LogP contribution < -0.4 is 9.94 Å². The van der Waals surface area contributed by atoms with Gasteiger partial charge in [-0.2, -0.15) is 10.1 Å². The van der Waals surface area contributed by atoms with Crippen LogP contribution in [0.15, 0.2) is 40.4 Å². The lowest BCUT2D eigenvalue weighted by Gasteiger charge is -2.05. The fraction of sp³-hybridized carbons (Fsp3) is 0.353. The number of primary sulfonamides is 1. The highest BCUT2D eigenvalue weighted by atomic mass is 32.2. The highest BCUT2D eigenvalue weighted by Gasteiger charge is 2.14. The van der Waals surface area contributed by atoms with Crippen LogP contribution in [0, 0.1) is 0 Å². The zero-order valence-corrected chi connectivity index (χ0v) is 17.2. The van der Waals surface area contributed by atoms with E-state index in [1.54, 1.807) is 23.0 Å². The third-order valence-electron chi connectivity index (χ3n) is 4.03. The van der Waals surface area contributed by atoms with Crippen molar-refractivity contribution in [1.82, 2.24) is 14.3 Å². The quantitative estimate of drug-likeness (QED) is 0.575. The Kier molecular flexibility index (Phi) is 6.08. The van der Waals surface area contributed by atoms with Crippen molar-refractivity contribution in [2.75, 3.05) is 13.2 Å². The molecule has 0 aliphatic heterocycles. The van der Waals surface area contributed by atoms with Crippen molar-refractivity contribution in [3.63, 3.8) is 0 Å². The molecule has 1 amide bonds. The van der Waals surface area contributed by atoms with Gasteiger partial charge in [0.25, 0.3) is 5.91 Å². The maximum Gasteiger partial charge on any atom is 0.300 e. The molecule has 1 aromatic carbocycles. The van der Waals surface area contributed by atoms with Gasteiger partial charge < -0.3 is 9.30 Å². The molecule has 0 bridgehead atoms. The number of hydrogen-bond acceptors (Lipinski definition) is 6. The molecule has 0 unspecified atom stereocenters. The number of aromatic nitrogens is 3. The van der Waals surface area contributed by atoms with Crippen molar-refractivity contribution in [2.24, 2.45) is 10.1 Å². The molecule has 2 aromatic heterocycles. The van der Waals surface area contributed by atoms with Crippen LogP contribution in [0.4, 0.5) is 0 Å². The zero-order valence-electron chi connectivity index (χ0n) is 15.5. The van der Waals surface area contributed by atoms with E-state index in [4.69, 9.17) is 9.88 Å². The van der Waals surface area contributed by atoms with Gasteiger partial charge in [0.1, 0.15) is 0 Å². The summed E-state index contributed by atoms with van der Waals surface area (Å²) in [6.07, 6.45) is 1.72. The monoisotopic (exact) mass is 423 g/mol. The van der Waals surface area contributed by atoms with Gasteiger partial charge in [-0.1, -0.05) is 11.3 Å². The van der Waals surface area contributed by atoms with Crippen LogP contribution in [0.5, 0.6) is 0 Å². The van der Waals surface area contributed by atoms with E-state index in [1.807, 2.05) is 18.4 Å². The van der Waals surface area contributed by atoms with Gasteiger partial charge in [-0.05, 0) is 38.1 Å². The Labute approximate surface area is 166 Å². The predicted molar refractivity (Wildman–Crippen MR) is 105 cm³/mol. The summed E-state index contributed by atoms with van der Waals surface area (Å²) >= 11 is 1.21. The van der Waals surface area contributed by atoms with Gasteiger partial charge in [0.05, 0.1) is 21.7 Å². The fourth-order valence-corrected chi connectivity index (χ4v) is 4.34. The minimum atomic E-state index is -3.82. The Balaban J connectivity index is 2.10. The number of hydrogen-bond donors (Lipinski definition) is 1. The van der Waals surface area contributed by atoms with Crippen LogP contribution in [0.25, 0.3) is 10.2 Å². The van der Waals surface area contributed by atoms with Gasteiger partial charge in [0, 0.05) is 25.9 Å². The summed E-state index contributed by atoms with van der Waals surface area (Å²) in [5, 5.41) is 9.40. The minimum absolute atomic E-state index is 0.0118. The maximum atomic E-state index is 12.5. The van der Waals surface area contributed by atoms with E-state index in [-0.39, 0.29) is 10.6 Å². The van der Waals surface area contributed by atoms with Gasteiger partial charge in [0.2, 0.25) is 10.0 Å². The Hall–Kier alpha value is -2.34. The minimum Gasteiger partial charge on any atom is -0.380 e. The Morgan fingerprint density at radius 3 is 2.75 bits per heavy atom. The number of rotatable bonds is 7. The molecule has 0 saturated heterocycles. The Bertz CT molecular complexity index is 1170. The van der Waals surface area contributed by atoms with Crippen molar-refractivity contribution >= 4 is 37.5 Å². The van der Waals surface area contributed by atoms with Gasteiger partial charge in [-0.15, -0.1) is 0 Å². The highest BCUT2D eigenvalue weighted by molar-refractivity contribution is 7.89. The summed E-state index contributed by atoms with van der Waals surface area (Å²) in [5.74, 6) is -0.462. The van der Waals surface area contributed by atoms with Crippen LogP contribution in [-0.2, 0) is 27.8 Å². The average molecular weight is 424 g/mol. The Morgan fingerprint density at radius 2 is 2.11 bits per heavy atom. The molecule has 150 valence electrons. The number of benzene rings is 1. The topological polar surface area (TPSA) is 122 Å². The standard InChI is InChI=1S/C17H21N5O4S2/c1-3-21-8-7-13(20-21)16(23)19-17-22(9-10-26-4-2)14-6-5-12(28(18,24)25)11-15(14)27-17/h5-8,11H,3-4,9-10H2,1-2H3,(H2,18,24,25). The Morgan fingerprint density at radius 1 is 1.32 bits per heavy atom. The fourth-order valence-electron chi connectivity index (χ4n) is 2.63. The zero-order chi connectivity index (χ0) is 20.3. The number of thiazole rings is 1. The van der Waals surface area contributed by atoms with Crippen LogP contribution >= 0.6 is 11.3 Å². The van der Waals surface area contributed by atoms with E-state index in [0.29, 0.717) is 35.8 Å². The number of amides is 1. The first-order valence-electron chi connectivity index (χ1n) is 8.70. The van der Waals surface area contributed by atoms with Gasteiger partial charge in [-0.3, -0.25) is 9.48 Å². The number of ether oxygens (including phenoxy) is 1. The smallest absolute Gasteiger partial charge is 0.300 e. The van der Waals surface area contributed by atoms with Crippen molar-refractivity contribution in [1.29, 1.82) is 0 Å². The summed E-state index contributed by atoms with van der Waals surface area (Å²) < 4.78 is 32.8.